The van der Waals surface area contributed by atoms with Crippen molar-refractivity contribution in [2.24, 2.45) is 0 Å². The maximum atomic E-state index is 12.7. The number of nitrogens with one attached hydrogen (secondary N) is 1. The van der Waals surface area contributed by atoms with Crippen molar-refractivity contribution in [1.29, 1.82) is 0 Å². The molecule has 0 saturated carbocycles. The van der Waals surface area contributed by atoms with Crippen molar-refractivity contribution in [3.63, 3.8) is 0 Å². The van der Waals surface area contributed by atoms with Gasteiger partial charge in [0.1, 0.15) is 17.2 Å². The lowest BCUT2D eigenvalue weighted by Gasteiger charge is -2.21. The Morgan fingerprint density at radius 3 is 2.46 bits per heavy atom. The topological polar surface area (TPSA) is 76.6 Å². The summed E-state index contributed by atoms with van der Waals surface area (Å²) in [6.45, 7) is 5.54. The van der Waals surface area contributed by atoms with Gasteiger partial charge in [-0.2, -0.15) is 0 Å². The quantitative estimate of drug-likeness (QED) is 0.739. The molecule has 0 unspecified atom stereocenters. The van der Waals surface area contributed by atoms with Gasteiger partial charge in [0.15, 0.2) is 0 Å². The third-order valence-corrected chi connectivity index (χ3v) is 3.80. The number of methoxy groups -OCH3 is 2. The molecule has 1 N–H and O–H groups in total. The van der Waals surface area contributed by atoms with Crippen molar-refractivity contribution in [3.05, 3.63) is 36.2 Å². The van der Waals surface area contributed by atoms with E-state index in [1.807, 2.05) is 17.0 Å². The number of amides is 1. The molecule has 140 valence electrons. The highest BCUT2D eigenvalue weighted by Gasteiger charge is 2.17. The fourth-order valence-corrected chi connectivity index (χ4v) is 2.58. The minimum Gasteiger partial charge on any atom is -0.497 e. The van der Waals surface area contributed by atoms with Crippen LogP contribution < -0.4 is 14.8 Å². The molecule has 26 heavy (non-hydrogen) atoms. The molecule has 0 aliphatic rings. The fourth-order valence-electron chi connectivity index (χ4n) is 2.58. The highest BCUT2D eigenvalue weighted by Crippen LogP contribution is 2.30. The second-order valence-electron chi connectivity index (χ2n) is 5.75. The molecule has 1 aromatic heterocycles. The van der Waals surface area contributed by atoms with E-state index in [0.717, 1.165) is 12.8 Å². The van der Waals surface area contributed by atoms with Gasteiger partial charge >= 0.3 is 0 Å². The molecule has 0 bridgehead atoms. The van der Waals surface area contributed by atoms with Crippen LogP contribution in [-0.4, -0.2) is 48.1 Å². The van der Waals surface area contributed by atoms with Gasteiger partial charge in [0.05, 0.1) is 19.9 Å². The summed E-state index contributed by atoms with van der Waals surface area (Å²) in [4.78, 5) is 23.1. The number of nitrogens with zero attached hydrogens (tertiary/aromatic N) is 3. The maximum absolute atomic E-state index is 12.7. The molecule has 1 amide bonds. The zero-order valence-corrected chi connectivity index (χ0v) is 15.8. The molecule has 0 saturated heterocycles. The molecular weight excluding hydrogens is 332 g/mol. The molecule has 0 radical (unpaired) electrons. The van der Waals surface area contributed by atoms with E-state index in [4.69, 9.17) is 9.47 Å². The second kappa shape index (κ2) is 9.60. The highest BCUT2D eigenvalue weighted by atomic mass is 16.5. The van der Waals surface area contributed by atoms with Gasteiger partial charge in [0.25, 0.3) is 5.91 Å². The van der Waals surface area contributed by atoms with Gasteiger partial charge in [-0.15, -0.1) is 0 Å². The summed E-state index contributed by atoms with van der Waals surface area (Å²) >= 11 is 0. The Bertz CT molecular complexity index is 730. The summed E-state index contributed by atoms with van der Waals surface area (Å²) in [6.07, 6.45) is 3.39. The van der Waals surface area contributed by atoms with Gasteiger partial charge < -0.3 is 19.7 Å². The Morgan fingerprint density at radius 1 is 1.12 bits per heavy atom. The summed E-state index contributed by atoms with van der Waals surface area (Å²) in [5.41, 5.74) is 1.06. The predicted molar refractivity (Wildman–Crippen MR) is 101 cm³/mol. The van der Waals surface area contributed by atoms with E-state index >= 15 is 0 Å². The first kappa shape index (κ1) is 19.5. The molecule has 7 heteroatoms. The Hall–Kier alpha value is -2.83. The number of ether oxygens (including phenoxy) is 2. The van der Waals surface area contributed by atoms with E-state index in [9.17, 15) is 4.79 Å². The van der Waals surface area contributed by atoms with Crippen LogP contribution in [0.2, 0.25) is 0 Å². The molecule has 7 nitrogen and oxygen atoms in total. The standard InChI is InChI=1S/C19H26N4O3/c1-5-11-23(12-6-2)18(24)16-9-10-20-19(22-16)21-15-8-7-14(25-3)13-17(15)26-4/h7-10,13H,5-6,11-12H2,1-4H3,(H,20,21,22). The van der Waals surface area contributed by atoms with Crippen LogP contribution in [0.25, 0.3) is 0 Å². The number of anilines is 2. The molecule has 0 fully saturated rings. The third-order valence-electron chi connectivity index (χ3n) is 3.80. The molecule has 0 aliphatic heterocycles. The van der Waals surface area contributed by atoms with Gasteiger partial charge in [0.2, 0.25) is 5.95 Å². The number of benzene rings is 1. The smallest absolute Gasteiger partial charge is 0.272 e. The summed E-state index contributed by atoms with van der Waals surface area (Å²) in [6, 6.07) is 7.03. The first-order chi connectivity index (χ1) is 12.6. The monoisotopic (exact) mass is 358 g/mol. The first-order valence-corrected chi connectivity index (χ1v) is 8.74. The normalized spacial score (nSPS) is 10.3. The number of carbonyl (C=O) groups excluding carboxylic acids is 1. The highest BCUT2D eigenvalue weighted by molar-refractivity contribution is 5.92. The lowest BCUT2D eigenvalue weighted by atomic mass is 10.2. The van der Waals surface area contributed by atoms with E-state index in [2.05, 4.69) is 29.1 Å². The Labute approximate surface area is 154 Å². The summed E-state index contributed by atoms with van der Waals surface area (Å²) in [5, 5.41) is 3.10. The molecule has 1 heterocycles. The van der Waals surface area contributed by atoms with Gasteiger partial charge in [-0.05, 0) is 31.0 Å². The van der Waals surface area contributed by atoms with Gasteiger partial charge in [-0.1, -0.05) is 13.8 Å². The molecule has 0 atom stereocenters. The van der Waals surface area contributed by atoms with Crippen LogP contribution in [0.1, 0.15) is 37.2 Å². The molecule has 2 rings (SSSR count). The summed E-state index contributed by atoms with van der Waals surface area (Å²) in [7, 11) is 3.17. The van der Waals surface area contributed by atoms with E-state index in [1.165, 1.54) is 0 Å². The van der Waals surface area contributed by atoms with E-state index < -0.39 is 0 Å². The van der Waals surface area contributed by atoms with Gasteiger partial charge in [-0.25, -0.2) is 9.97 Å². The van der Waals surface area contributed by atoms with Crippen LogP contribution in [0.15, 0.2) is 30.5 Å². The predicted octanol–water partition coefficient (Wildman–Crippen LogP) is 3.50. The minimum atomic E-state index is -0.0826. The Kier molecular flexibility index (Phi) is 7.20. The van der Waals surface area contributed by atoms with Crippen LogP contribution >= 0.6 is 0 Å². The van der Waals surface area contributed by atoms with Crippen LogP contribution in [-0.2, 0) is 0 Å². The number of aromatic nitrogens is 2. The zero-order chi connectivity index (χ0) is 18.9. The lowest BCUT2D eigenvalue weighted by molar-refractivity contribution is 0.0749. The van der Waals surface area contributed by atoms with Crippen LogP contribution in [0.3, 0.4) is 0 Å². The number of hydrogen-bond acceptors (Lipinski definition) is 6. The summed E-state index contributed by atoms with van der Waals surface area (Å²) in [5.74, 6) is 1.54. The second-order valence-corrected chi connectivity index (χ2v) is 5.75. The average molecular weight is 358 g/mol. The number of rotatable bonds is 9. The van der Waals surface area contributed by atoms with Crippen molar-refractivity contribution in [3.8, 4) is 11.5 Å². The van der Waals surface area contributed by atoms with Crippen molar-refractivity contribution in [1.82, 2.24) is 14.9 Å². The molecule has 0 spiro atoms. The lowest BCUT2D eigenvalue weighted by Crippen LogP contribution is -2.33. The van der Waals surface area contributed by atoms with Crippen LogP contribution in [0.4, 0.5) is 11.6 Å². The minimum absolute atomic E-state index is 0.0826. The number of hydrogen-bond donors (Lipinski definition) is 1. The van der Waals surface area contributed by atoms with E-state index in [0.29, 0.717) is 41.9 Å². The van der Waals surface area contributed by atoms with E-state index in [-0.39, 0.29) is 5.91 Å². The fraction of sp³-hybridized carbons (Fsp3) is 0.421. The number of carbonyl (C=O) groups is 1. The van der Waals surface area contributed by atoms with Crippen molar-refractivity contribution in [2.45, 2.75) is 26.7 Å². The molecule has 1 aromatic carbocycles. The summed E-state index contributed by atoms with van der Waals surface area (Å²) < 4.78 is 10.6. The van der Waals surface area contributed by atoms with Gasteiger partial charge in [0, 0.05) is 25.4 Å². The van der Waals surface area contributed by atoms with Crippen LogP contribution in [0, 0.1) is 0 Å². The van der Waals surface area contributed by atoms with E-state index in [1.54, 1.807) is 32.5 Å². The van der Waals surface area contributed by atoms with Crippen molar-refractivity contribution in [2.75, 3.05) is 32.6 Å². The first-order valence-electron chi connectivity index (χ1n) is 8.74. The molecule has 0 aliphatic carbocycles. The SMILES string of the molecule is CCCN(CCC)C(=O)c1ccnc(Nc2ccc(OC)cc2OC)n1. The maximum Gasteiger partial charge on any atom is 0.272 e. The zero-order valence-electron chi connectivity index (χ0n) is 15.8. The largest absolute Gasteiger partial charge is 0.497 e. The molecular formula is C19H26N4O3. The third kappa shape index (κ3) is 4.84. The van der Waals surface area contributed by atoms with Gasteiger partial charge in [-0.3, -0.25) is 4.79 Å². The molecule has 2 aromatic rings. The van der Waals surface area contributed by atoms with Crippen molar-refractivity contribution < 1.29 is 14.3 Å². The Balaban J connectivity index is 2.22. The van der Waals surface area contributed by atoms with Crippen LogP contribution in [0.5, 0.6) is 11.5 Å². The van der Waals surface area contributed by atoms with Crippen molar-refractivity contribution >= 4 is 17.5 Å². The average Bonchev–Trinajstić information content (AvgIpc) is 2.67. The Morgan fingerprint density at radius 2 is 1.85 bits per heavy atom.